The summed E-state index contributed by atoms with van der Waals surface area (Å²) in [6.45, 7) is 6.52. The molecule has 1 aliphatic heterocycles. The molecule has 4 rings (SSSR count). The average Bonchev–Trinajstić information content (AvgIpc) is 2.97. The normalized spacial score (nSPS) is 14.8. The Hall–Kier alpha value is -2.38. The van der Waals surface area contributed by atoms with Crippen LogP contribution in [0.25, 0.3) is 11.2 Å². The van der Waals surface area contributed by atoms with Gasteiger partial charge >= 0.3 is 5.69 Å². The van der Waals surface area contributed by atoms with Crippen molar-refractivity contribution in [2.24, 2.45) is 0 Å². The SMILES string of the molecule is CCn1c(=O)n(CCc2ccccc2)c2nc(Cl)nc(N3CCNCC3)c21. The first-order chi connectivity index (χ1) is 13.2. The first-order valence-corrected chi connectivity index (χ1v) is 9.73. The summed E-state index contributed by atoms with van der Waals surface area (Å²) in [6.07, 6.45) is 0.758. The number of rotatable bonds is 5. The highest BCUT2D eigenvalue weighted by Crippen LogP contribution is 2.25. The van der Waals surface area contributed by atoms with E-state index in [1.54, 1.807) is 9.13 Å². The van der Waals surface area contributed by atoms with E-state index in [9.17, 15) is 4.79 Å². The molecule has 3 heterocycles. The maximum absolute atomic E-state index is 13.1. The summed E-state index contributed by atoms with van der Waals surface area (Å²) in [6, 6.07) is 10.1. The first kappa shape index (κ1) is 18.0. The van der Waals surface area contributed by atoms with Gasteiger partial charge in [0, 0.05) is 39.3 Å². The van der Waals surface area contributed by atoms with Crippen LogP contribution in [-0.2, 0) is 19.5 Å². The maximum atomic E-state index is 13.1. The van der Waals surface area contributed by atoms with Gasteiger partial charge in [-0.05, 0) is 30.5 Å². The van der Waals surface area contributed by atoms with E-state index >= 15 is 0 Å². The van der Waals surface area contributed by atoms with Gasteiger partial charge in [0.15, 0.2) is 11.5 Å². The molecular formula is C19H23ClN6O. The van der Waals surface area contributed by atoms with Crippen LogP contribution in [0.2, 0.25) is 5.28 Å². The second kappa shape index (κ2) is 7.70. The number of nitrogens with one attached hydrogen (secondary N) is 1. The van der Waals surface area contributed by atoms with E-state index in [0.29, 0.717) is 18.7 Å². The quantitative estimate of drug-likeness (QED) is 0.678. The Morgan fingerprint density at radius 2 is 1.85 bits per heavy atom. The monoisotopic (exact) mass is 386 g/mol. The summed E-state index contributed by atoms with van der Waals surface area (Å²) in [4.78, 5) is 24.2. The summed E-state index contributed by atoms with van der Waals surface area (Å²) < 4.78 is 3.49. The van der Waals surface area contributed by atoms with Crippen LogP contribution in [0.3, 0.4) is 0 Å². The zero-order valence-electron chi connectivity index (χ0n) is 15.4. The molecule has 142 valence electrons. The molecule has 8 heteroatoms. The lowest BCUT2D eigenvalue weighted by atomic mass is 10.1. The Bertz CT molecular complexity index is 991. The van der Waals surface area contributed by atoms with Crippen molar-refractivity contribution in [1.82, 2.24) is 24.4 Å². The first-order valence-electron chi connectivity index (χ1n) is 9.35. The summed E-state index contributed by atoms with van der Waals surface area (Å²) in [7, 11) is 0. The van der Waals surface area contributed by atoms with E-state index in [-0.39, 0.29) is 11.0 Å². The summed E-state index contributed by atoms with van der Waals surface area (Å²) in [5, 5.41) is 3.52. The number of nitrogens with zero attached hydrogens (tertiary/aromatic N) is 5. The summed E-state index contributed by atoms with van der Waals surface area (Å²) in [5.74, 6) is 0.754. The smallest absolute Gasteiger partial charge is 0.330 e. The minimum absolute atomic E-state index is 0.0589. The van der Waals surface area contributed by atoms with Gasteiger partial charge in [-0.3, -0.25) is 9.13 Å². The van der Waals surface area contributed by atoms with Gasteiger partial charge in [-0.1, -0.05) is 30.3 Å². The van der Waals surface area contributed by atoms with E-state index in [0.717, 1.165) is 43.9 Å². The molecule has 0 unspecified atom stereocenters. The molecule has 1 N–H and O–H groups in total. The van der Waals surface area contributed by atoms with Crippen molar-refractivity contribution in [3.05, 3.63) is 51.7 Å². The molecule has 0 amide bonds. The fourth-order valence-electron chi connectivity index (χ4n) is 3.64. The van der Waals surface area contributed by atoms with Crippen LogP contribution in [0.15, 0.2) is 35.1 Å². The molecule has 1 fully saturated rings. The van der Waals surface area contributed by atoms with Crippen molar-refractivity contribution in [2.45, 2.75) is 26.4 Å². The number of aromatic nitrogens is 4. The second-order valence-electron chi connectivity index (χ2n) is 6.64. The van der Waals surface area contributed by atoms with Crippen molar-refractivity contribution >= 4 is 28.6 Å². The number of aryl methyl sites for hydroxylation is 3. The number of hydrogen-bond donors (Lipinski definition) is 1. The van der Waals surface area contributed by atoms with Gasteiger partial charge in [0.2, 0.25) is 5.28 Å². The average molecular weight is 387 g/mol. The number of fused-ring (bicyclic) bond motifs is 1. The van der Waals surface area contributed by atoms with Crippen LogP contribution < -0.4 is 15.9 Å². The molecule has 0 radical (unpaired) electrons. The van der Waals surface area contributed by atoms with Crippen molar-refractivity contribution in [3.63, 3.8) is 0 Å². The number of halogens is 1. The highest BCUT2D eigenvalue weighted by Gasteiger charge is 2.23. The van der Waals surface area contributed by atoms with Crippen LogP contribution in [-0.4, -0.2) is 45.3 Å². The Labute approximate surface area is 162 Å². The second-order valence-corrected chi connectivity index (χ2v) is 6.98. The van der Waals surface area contributed by atoms with Gasteiger partial charge in [-0.15, -0.1) is 0 Å². The van der Waals surface area contributed by atoms with Crippen molar-refractivity contribution < 1.29 is 0 Å². The molecule has 0 aliphatic carbocycles. The van der Waals surface area contributed by atoms with Crippen molar-refractivity contribution in [3.8, 4) is 0 Å². The Kier molecular flexibility index (Phi) is 5.13. The number of anilines is 1. The Morgan fingerprint density at radius 1 is 1.11 bits per heavy atom. The van der Waals surface area contributed by atoms with Gasteiger partial charge in [-0.2, -0.15) is 9.97 Å². The third-order valence-corrected chi connectivity index (χ3v) is 5.18. The molecule has 1 aromatic carbocycles. The van der Waals surface area contributed by atoms with Crippen LogP contribution in [0, 0.1) is 0 Å². The number of imidazole rings is 1. The van der Waals surface area contributed by atoms with Gasteiger partial charge in [0.25, 0.3) is 0 Å². The molecule has 1 saturated heterocycles. The molecule has 1 aliphatic rings. The van der Waals surface area contributed by atoms with Crippen LogP contribution in [0.5, 0.6) is 0 Å². The van der Waals surface area contributed by atoms with Crippen molar-refractivity contribution in [2.75, 3.05) is 31.1 Å². The van der Waals surface area contributed by atoms with Gasteiger partial charge in [-0.25, -0.2) is 4.79 Å². The minimum Gasteiger partial charge on any atom is -0.352 e. The highest BCUT2D eigenvalue weighted by atomic mass is 35.5. The molecule has 0 atom stereocenters. The van der Waals surface area contributed by atoms with Gasteiger partial charge in [0.1, 0.15) is 5.52 Å². The van der Waals surface area contributed by atoms with Crippen LogP contribution >= 0.6 is 11.6 Å². The largest absolute Gasteiger partial charge is 0.352 e. The minimum atomic E-state index is -0.0589. The lowest BCUT2D eigenvalue weighted by molar-refractivity contribution is 0.584. The van der Waals surface area contributed by atoms with Crippen LogP contribution in [0.1, 0.15) is 12.5 Å². The molecule has 27 heavy (non-hydrogen) atoms. The predicted molar refractivity (Wildman–Crippen MR) is 108 cm³/mol. The van der Waals surface area contributed by atoms with E-state index in [1.807, 2.05) is 25.1 Å². The van der Waals surface area contributed by atoms with E-state index in [1.165, 1.54) is 5.56 Å². The maximum Gasteiger partial charge on any atom is 0.330 e. The molecule has 0 bridgehead atoms. The topological polar surface area (TPSA) is 68.0 Å². The molecule has 3 aromatic rings. The predicted octanol–water partition coefficient (Wildman–Crippen LogP) is 1.92. The number of piperazine rings is 1. The molecule has 7 nitrogen and oxygen atoms in total. The lowest BCUT2D eigenvalue weighted by Crippen LogP contribution is -2.44. The van der Waals surface area contributed by atoms with Crippen LogP contribution in [0.4, 0.5) is 5.82 Å². The number of hydrogen-bond acceptors (Lipinski definition) is 5. The summed E-state index contributed by atoms with van der Waals surface area (Å²) >= 11 is 6.25. The van der Waals surface area contributed by atoms with Crippen molar-refractivity contribution in [1.29, 1.82) is 0 Å². The molecule has 2 aromatic heterocycles. The molecule has 0 saturated carbocycles. The third-order valence-electron chi connectivity index (χ3n) is 5.01. The molecule has 0 spiro atoms. The summed E-state index contributed by atoms with van der Waals surface area (Å²) in [5.41, 5.74) is 2.52. The molecular weight excluding hydrogens is 364 g/mol. The van der Waals surface area contributed by atoms with E-state index in [2.05, 4.69) is 32.3 Å². The van der Waals surface area contributed by atoms with E-state index < -0.39 is 0 Å². The van der Waals surface area contributed by atoms with Gasteiger partial charge in [0.05, 0.1) is 0 Å². The lowest BCUT2D eigenvalue weighted by Gasteiger charge is -2.28. The standard InChI is InChI=1S/C19H23ClN6O/c1-2-25-15-16(24-12-9-21-10-13-24)22-18(20)23-17(15)26(19(25)27)11-8-14-6-4-3-5-7-14/h3-7,21H,2,8-13H2,1H3. The Morgan fingerprint density at radius 3 is 2.56 bits per heavy atom. The highest BCUT2D eigenvalue weighted by molar-refractivity contribution is 6.28. The zero-order valence-corrected chi connectivity index (χ0v) is 16.1. The van der Waals surface area contributed by atoms with E-state index in [4.69, 9.17) is 11.6 Å². The fourth-order valence-corrected chi connectivity index (χ4v) is 3.80. The fraction of sp³-hybridized carbons (Fsp3) is 0.421. The third kappa shape index (κ3) is 3.44. The van der Waals surface area contributed by atoms with Gasteiger partial charge < -0.3 is 10.2 Å². The number of benzene rings is 1. The Balaban J connectivity index is 1.81. The zero-order chi connectivity index (χ0) is 18.8.